The quantitative estimate of drug-likeness (QED) is 0.444. The first-order chi connectivity index (χ1) is 17.4. The molecule has 0 atom stereocenters. The third-order valence-electron chi connectivity index (χ3n) is 5.63. The van der Waals surface area contributed by atoms with E-state index in [2.05, 4.69) is 10.4 Å². The summed E-state index contributed by atoms with van der Waals surface area (Å²) in [6.45, 7) is -0.270. The van der Waals surface area contributed by atoms with Crippen LogP contribution in [-0.4, -0.2) is 44.1 Å². The minimum absolute atomic E-state index is 0.0489. The van der Waals surface area contributed by atoms with Gasteiger partial charge in [-0.1, -0.05) is 30.3 Å². The summed E-state index contributed by atoms with van der Waals surface area (Å²) in [4.78, 5) is 12.6. The Morgan fingerprint density at radius 1 is 1.03 bits per heavy atom. The SMILES string of the molecule is CS(=O)(=O)c1ccc(-c2ccc(-c3ccc(C#N)cc3)c(NC(=O)N3CCC(C(F)(F)F)=N3)c2)c(F)c1. The fourth-order valence-electron chi connectivity index (χ4n) is 3.73. The first kappa shape index (κ1) is 25.8. The monoisotopic (exact) mass is 530 g/mol. The van der Waals surface area contributed by atoms with Crippen LogP contribution in [0.5, 0.6) is 0 Å². The van der Waals surface area contributed by atoms with Gasteiger partial charge in [-0.05, 0) is 41.5 Å². The van der Waals surface area contributed by atoms with E-state index >= 15 is 0 Å². The second-order valence-electron chi connectivity index (χ2n) is 8.21. The lowest BCUT2D eigenvalue weighted by molar-refractivity contribution is -0.0600. The van der Waals surface area contributed by atoms with Crippen LogP contribution < -0.4 is 5.32 Å². The van der Waals surface area contributed by atoms with Crippen LogP contribution in [0.1, 0.15) is 12.0 Å². The molecule has 3 aromatic carbocycles. The number of anilines is 1. The number of halogens is 4. The highest BCUT2D eigenvalue weighted by Crippen LogP contribution is 2.35. The molecule has 37 heavy (non-hydrogen) atoms. The van der Waals surface area contributed by atoms with Gasteiger partial charge in [-0.2, -0.15) is 23.5 Å². The Hall–Kier alpha value is -4.24. The molecule has 2 amide bonds. The predicted molar refractivity (Wildman–Crippen MR) is 129 cm³/mol. The van der Waals surface area contributed by atoms with Gasteiger partial charge in [0.1, 0.15) is 11.5 Å². The average Bonchev–Trinajstić information content (AvgIpc) is 3.35. The standard InChI is InChI=1S/C25H18F4N4O3S/c1-37(35,36)18-7-9-19(21(26)13-18)17-6-8-20(16-4-2-15(14-30)3-5-16)22(12-17)31-24(34)33-11-10-23(32-33)25(27,28)29/h2-9,12-13H,10-11H2,1H3,(H,31,34). The molecule has 0 radical (unpaired) electrons. The molecule has 7 nitrogen and oxygen atoms in total. The van der Waals surface area contributed by atoms with E-state index in [-0.39, 0.29) is 28.3 Å². The zero-order valence-corrected chi connectivity index (χ0v) is 20.0. The highest BCUT2D eigenvalue weighted by Gasteiger charge is 2.40. The summed E-state index contributed by atoms with van der Waals surface area (Å²) in [5.74, 6) is -0.815. The summed E-state index contributed by atoms with van der Waals surface area (Å²) in [7, 11) is -3.64. The number of hydrazone groups is 1. The summed E-state index contributed by atoms with van der Waals surface area (Å²) in [6, 6.07) is 15.4. The molecule has 190 valence electrons. The van der Waals surface area contributed by atoms with Crippen molar-refractivity contribution < 1.29 is 30.8 Å². The number of urea groups is 1. The summed E-state index contributed by atoms with van der Waals surface area (Å²) >= 11 is 0. The summed E-state index contributed by atoms with van der Waals surface area (Å²) in [6.07, 6.45) is -4.15. The van der Waals surface area contributed by atoms with E-state index in [9.17, 15) is 30.8 Å². The number of benzene rings is 3. The highest BCUT2D eigenvalue weighted by atomic mass is 32.2. The molecule has 1 aliphatic rings. The van der Waals surface area contributed by atoms with E-state index in [1.54, 1.807) is 36.4 Å². The molecule has 0 unspecified atom stereocenters. The Labute approximate surface area is 209 Å². The van der Waals surface area contributed by atoms with Gasteiger partial charge in [0, 0.05) is 23.8 Å². The van der Waals surface area contributed by atoms with Crippen molar-refractivity contribution in [3.05, 3.63) is 72.0 Å². The summed E-state index contributed by atoms with van der Waals surface area (Å²) in [5, 5.41) is 15.6. The molecule has 1 heterocycles. The van der Waals surface area contributed by atoms with Crippen molar-refractivity contribution in [1.82, 2.24) is 5.01 Å². The molecule has 0 fully saturated rings. The van der Waals surface area contributed by atoms with Crippen molar-refractivity contribution in [2.45, 2.75) is 17.5 Å². The van der Waals surface area contributed by atoms with Gasteiger partial charge in [0.15, 0.2) is 9.84 Å². The van der Waals surface area contributed by atoms with Gasteiger partial charge in [0.25, 0.3) is 0 Å². The molecule has 1 aliphatic heterocycles. The molecule has 4 rings (SSSR count). The van der Waals surface area contributed by atoms with Crippen molar-refractivity contribution in [2.24, 2.45) is 5.10 Å². The summed E-state index contributed by atoms with van der Waals surface area (Å²) in [5.41, 5.74) is 0.832. The molecule has 3 aromatic rings. The molecule has 0 saturated heterocycles. The van der Waals surface area contributed by atoms with E-state index in [1.807, 2.05) is 6.07 Å². The normalized spacial score (nSPS) is 13.7. The Kier molecular flexibility index (Phi) is 6.75. The van der Waals surface area contributed by atoms with Crippen molar-refractivity contribution in [3.8, 4) is 28.3 Å². The minimum atomic E-state index is -4.65. The Balaban J connectivity index is 1.75. The van der Waals surface area contributed by atoms with Crippen LogP contribution in [-0.2, 0) is 9.84 Å². The van der Waals surface area contributed by atoms with E-state index in [0.717, 1.165) is 12.3 Å². The third kappa shape index (κ3) is 5.62. The van der Waals surface area contributed by atoms with Crippen molar-refractivity contribution in [2.75, 3.05) is 18.1 Å². The first-order valence-corrected chi connectivity index (χ1v) is 12.6. The fourth-order valence-corrected chi connectivity index (χ4v) is 4.37. The second kappa shape index (κ2) is 9.67. The van der Waals surface area contributed by atoms with Gasteiger partial charge in [-0.3, -0.25) is 0 Å². The van der Waals surface area contributed by atoms with Gasteiger partial charge in [-0.25, -0.2) is 22.6 Å². The molecule has 1 N–H and O–H groups in total. The van der Waals surface area contributed by atoms with E-state index < -0.39 is 40.0 Å². The number of amides is 2. The largest absolute Gasteiger partial charge is 0.431 e. The number of rotatable bonds is 4. The maximum atomic E-state index is 14.9. The Bertz CT molecular complexity index is 1560. The maximum Gasteiger partial charge on any atom is 0.431 e. The topological polar surface area (TPSA) is 103 Å². The first-order valence-electron chi connectivity index (χ1n) is 10.7. The number of sulfone groups is 1. The predicted octanol–water partition coefficient (Wildman–Crippen LogP) is 5.59. The second-order valence-corrected chi connectivity index (χ2v) is 10.2. The van der Waals surface area contributed by atoms with Crippen LogP contribution in [0.3, 0.4) is 0 Å². The van der Waals surface area contributed by atoms with Crippen LogP contribution in [0.15, 0.2) is 70.7 Å². The van der Waals surface area contributed by atoms with Crippen molar-refractivity contribution in [1.29, 1.82) is 5.26 Å². The van der Waals surface area contributed by atoms with Crippen LogP contribution in [0.2, 0.25) is 0 Å². The van der Waals surface area contributed by atoms with Crippen molar-refractivity contribution in [3.63, 3.8) is 0 Å². The fraction of sp³-hybridized carbons (Fsp3) is 0.160. The van der Waals surface area contributed by atoms with Gasteiger partial charge >= 0.3 is 12.2 Å². The number of nitrogens with zero attached hydrogens (tertiary/aromatic N) is 3. The lowest BCUT2D eigenvalue weighted by Gasteiger charge is -2.17. The van der Waals surface area contributed by atoms with Gasteiger partial charge in [0.05, 0.1) is 28.8 Å². The smallest absolute Gasteiger partial charge is 0.306 e. The molecule has 0 spiro atoms. The lowest BCUT2D eigenvalue weighted by atomic mass is 9.97. The van der Waals surface area contributed by atoms with Crippen LogP contribution >= 0.6 is 0 Å². The van der Waals surface area contributed by atoms with Gasteiger partial charge in [-0.15, -0.1) is 0 Å². The zero-order chi connectivity index (χ0) is 27.0. The minimum Gasteiger partial charge on any atom is -0.306 e. The van der Waals surface area contributed by atoms with Crippen LogP contribution in [0, 0.1) is 17.1 Å². The lowest BCUT2D eigenvalue weighted by Crippen LogP contribution is -2.29. The number of alkyl halides is 3. The Morgan fingerprint density at radius 3 is 2.24 bits per heavy atom. The molecular weight excluding hydrogens is 512 g/mol. The number of hydrogen-bond donors (Lipinski definition) is 1. The third-order valence-corrected chi connectivity index (χ3v) is 6.74. The molecule has 0 saturated carbocycles. The van der Waals surface area contributed by atoms with Gasteiger partial charge < -0.3 is 5.32 Å². The highest BCUT2D eigenvalue weighted by molar-refractivity contribution is 7.90. The maximum absolute atomic E-state index is 14.9. The number of hydrogen-bond acceptors (Lipinski definition) is 5. The van der Waals surface area contributed by atoms with Crippen molar-refractivity contribution >= 4 is 27.3 Å². The van der Waals surface area contributed by atoms with E-state index in [4.69, 9.17) is 5.26 Å². The zero-order valence-electron chi connectivity index (χ0n) is 19.2. The van der Waals surface area contributed by atoms with Gasteiger partial charge in [0.2, 0.25) is 0 Å². The summed E-state index contributed by atoms with van der Waals surface area (Å²) < 4.78 is 77.2. The number of nitriles is 1. The molecule has 0 aromatic heterocycles. The number of nitrogens with one attached hydrogen (secondary N) is 1. The average molecular weight is 531 g/mol. The molecule has 12 heteroatoms. The Morgan fingerprint density at radius 2 is 1.68 bits per heavy atom. The van der Waals surface area contributed by atoms with E-state index in [0.29, 0.717) is 21.7 Å². The van der Waals surface area contributed by atoms with E-state index in [1.165, 1.54) is 18.2 Å². The number of carbonyl (C=O) groups is 1. The molecular formula is C25H18F4N4O3S. The number of carbonyl (C=O) groups excluding carboxylic acids is 1. The molecule has 0 aliphatic carbocycles. The van der Waals surface area contributed by atoms with Crippen LogP contribution in [0.4, 0.5) is 28.0 Å². The molecule has 0 bridgehead atoms. The van der Waals surface area contributed by atoms with Crippen LogP contribution in [0.25, 0.3) is 22.3 Å².